The molecule has 0 atom stereocenters. The van der Waals surface area contributed by atoms with Crippen LogP contribution < -0.4 is 10.6 Å². The Labute approximate surface area is 161 Å². The molecule has 2 heterocycles. The average Bonchev–Trinajstić information content (AvgIpc) is 2.74. The Morgan fingerprint density at radius 2 is 1.71 bits per heavy atom. The first kappa shape index (κ1) is 17.4. The summed E-state index contributed by atoms with van der Waals surface area (Å²) in [6, 6.07) is 18.5. The van der Waals surface area contributed by atoms with Gasteiger partial charge >= 0.3 is 5.97 Å². The summed E-state index contributed by atoms with van der Waals surface area (Å²) in [5.41, 5.74) is 2.97. The molecular weight excluding hydrogens is 354 g/mol. The third-order valence-corrected chi connectivity index (χ3v) is 4.11. The number of esters is 1. The number of ether oxygens (including phenoxy) is 1. The SMILES string of the molecule is COC(=O)c1ccc(Nc2ccnc(Nc3cccc4cccnc34)n2)cc1. The van der Waals surface area contributed by atoms with Gasteiger partial charge in [-0.25, -0.2) is 9.78 Å². The summed E-state index contributed by atoms with van der Waals surface area (Å²) in [6.45, 7) is 0. The number of fused-ring (bicyclic) bond motifs is 1. The minimum atomic E-state index is -0.372. The van der Waals surface area contributed by atoms with Crippen LogP contribution in [0.15, 0.2) is 73.1 Å². The van der Waals surface area contributed by atoms with Gasteiger partial charge in [0.15, 0.2) is 0 Å². The van der Waals surface area contributed by atoms with Crippen LogP contribution in [-0.2, 0) is 4.74 Å². The molecule has 0 aliphatic heterocycles. The summed E-state index contributed by atoms with van der Waals surface area (Å²) in [5.74, 6) is 0.703. The number of pyridine rings is 1. The van der Waals surface area contributed by atoms with Crippen LogP contribution in [0.1, 0.15) is 10.4 Å². The van der Waals surface area contributed by atoms with Crippen LogP contribution >= 0.6 is 0 Å². The summed E-state index contributed by atoms with van der Waals surface area (Å²) in [7, 11) is 1.36. The van der Waals surface area contributed by atoms with Crippen LogP contribution in [0.5, 0.6) is 0 Å². The number of nitrogens with zero attached hydrogens (tertiary/aromatic N) is 3. The van der Waals surface area contributed by atoms with Crippen molar-refractivity contribution in [2.75, 3.05) is 17.7 Å². The summed E-state index contributed by atoms with van der Waals surface area (Å²) in [5, 5.41) is 7.45. The van der Waals surface area contributed by atoms with Crippen molar-refractivity contribution in [2.45, 2.75) is 0 Å². The molecule has 4 rings (SSSR count). The number of methoxy groups -OCH3 is 1. The Morgan fingerprint density at radius 3 is 2.54 bits per heavy atom. The van der Waals surface area contributed by atoms with Gasteiger partial charge in [0.2, 0.25) is 5.95 Å². The number of hydrogen-bond acceptors (Lipinski definition) is 7. The highest BCUT2D eigenvalue weighted by molar-refractivity contribution is 5.91. The van der Waals surface area contributed by atoms with Crippen molar-refractivity contribution in [1.82, 2.24) is 15.0 Å². The Bertz CT molecular complexity index is 1120. The number of rotatable bonds is 5. The van der Waals surface area contributed by atoms with Crippen molar-refractivity contribution in [3.8, 4) is 0 Å². The lowest BCUT2D eigenvalue weighted by Crippen LogP contribution is -2.02. The Kier molecular flexibility index (Phi) is 4.79. The van der Waals surface area contributed by atoms with Crippen molar-refractivity contribution in [2.24, 2.45) is 0 Å². The van der Waals surface area contributed by atoms with E-state index in [1.54, 1.807) is 42.7 Å². The molecule has 7 nitrogen and oxygen atoms in total. The Hall–Kier alpha value is -4.00. The number of aromatic nitrogens is 3. The first-order valence-electron chi connectivity index (χ1n) is 8.62. The molecule has 0 unspecified atom stereocenters. The standard InChI is InChI=1S/C21H17N5O2/c1-28-20(27)15-7-9-16(10-8-15)24-18-11-13-23-21(26-18)25-17-6-2-4-14-5-3-12-22-19(14)17/h2-13H,1H3,(H2,23,24,25,26). The maximum absolute atomic E-state index is 11.5. The molecule has 0 radical (unpaired) electrons. The number of carbonyl (C=O) groups is 1. The van der Waals surface area contributed by atoms with Crippen LogP contribution in [0.2, 0.25) is 0 Å². The molecule has 2 aromatic carbocycles. The van der Waals surface area contributed by atoms with Crippen LogP contribution in [0.25, 0.3) is 10.9 Å². The topological polar surface area (TPSA) is 89.0 Å². The lowest BCUT2D eigenvalue weighted by molar-refractivity contribution is 0.0601. The molecule has 0 bridgehead atoms. The Morgan fingerprint density at radius 1 is 0.893 bits per heavy atom. The molecule has 4 aromatic rings. The minimum Gasteiger partial charge on any atom is -0.465 e. The van der Waals surface area contributed by atoms with Gasteiger partial charge in [-0.1, -0.05) is 18.2 Å². The van der Waals surface area contributed by atoms with E-state index in [0.717, 1.165) is 22.3 Å². The van der Waals surface area contributed by atoms with Gasteiger partial charge in [0.1, 0.15) is 5.82 Å². The van der Waals surface area contributed by atoms with E-state index in [1.165, 1.54) is 7.11 Å². The lowest BCUT2D eigenvalue weighted by atomic mass is 10.2. The van der Waals surface area contributed by atoms with E-state index in [4.69, 9.17) is 4.74 Å². The largest absolute Gasteiger partial charge is 0.465 e. The number of benzene rings is 2. The second-order valence-electron chi connectivity index (χ2n) is 5.97. The van der Waals surface area contributed by atoms with Gasteiger partial charge in [0.25, 0.3) is 0 Å². The second-order valence-corrected chi connectivity index (χ2v) is 5.97. The Balaban J connectivity index is 1.54. The van der Waals surface area contributed by atoms with E-state index < -0.39 is 0 Å². The predicted octanol–water partition coefficient (Wildman–Crippen LogP) is 4.30. The molecule has 138 valence electrons. The summed E-state index contributed by atoms with van der Waals surface area (Å²) < 4.78 is 4.70. The highest BCUT2D eigenvalue weighted by atomic mass is 16.5. The maximum Gasteiger partial charge on any atom is 0.337 e. The quantitative estimate of drug-likeness (QED) is 0.506. The second kappa shape index (κ2) is 7.71. The fourth-order valence-corrected chi connectivity index (χ4v) is 2.77. The van der Waals surface area contributed by atoms with Gasteiger partial charge < -0.3 is 15.4 Å². The highest BCUT2D eigenvalue weighted by Crippen LogP contribution is 2.24. The van der Waals surface area contributed by atoms with Crippen LogP contribution in [-0.4, -0.2) is 28.0 Å². The monoisotopic (exact) mass is 371 g/mol. The van der Waals surface area contributed by atoms with Crippen molar-refractivity contribution in [3.05, 3.63) is 78.6 Å². The first-order chi connectivity index (χ1) is 13.7. The number of nitrogens with one attached hydrogen (secondary N) is 2. The van der Waals surface area contributed by atoms with Crippen LogP contribution in [0.4, 0.5) is 23.1 Å². The third-order valence-electron chi connectivity index (χ3n) is 4.11. The van der Waals surface area contributed by atoms with Crippen molar-refractivity contribution >= 4 is 40.0 Å². The van der Waals surface area contributed by atoms with Gasteiger partial charge in [0, 0.05) is 23.5 Å². The van der Waals surface area contributed by atoms with E-state index in [2.05, 4.69) is 25.6 Å². The molecular formula is C21H17N5O2. The molecule has 0 aliphatic carbocycles. The molecule has 2 N–H and O–H groups in total. The summed E-state index contributed by atoms with van der Waals surface area (Å²) in [4.78, 5) is 24.7. The maximum atomic E-state index is 11.5. The molecule has 0 spiro atoms. The molecule has 28 heavy (non-hydrogen) atoms. The van der Waals surface area contributed by atoms with Crippen molar-refractivity contribution in [1.29, 1.82) is 0 Å². The average molecular weight is 371 g/mol. The van der Waals surface area contributed by atoms with Crippen LogP contribution in [0, 0.1) is 0 Å². The molecule has 0 saturated heterocycles. The fourth-order valence-electron chi connectivity index (χ4n) is 2.77. The highest BCUT2D eigenvalue weighted by Gasteiger charge is 2.07. The molecule has 0 aliphatic rings. The van der Waals surface area contributed by atoms with Gasteiger partial charge in [-0.2, -0.15) is 4.98 Å². The molecule has 0 saturated carbocycles. The summed E-state index contributed by atoms with van der Waals surface area (Å²) in [6.07, 6.45) is 3.42. The predicted molar refractivity (Wildman–Crippen MR) is 108 cm³/mol. The van der Waals surface area contributed by atoms with E-state index in [9.17, 15) is 4.79 Å². The first-order valence-corrected chi connectivity index (χ1v) is 8.62. The van der Waals surface area contributed by atoms with E-state index in [0.29, 0.717) is 17.3 Å². The zero-order valence-electron chi connectivity index (χ0n) is 15.1. The van der Waals surface area contributed by atoms with Gasteiger partial charge in [-0.3, -0.25) is 4.98 Å². The molecule has 7 heteroatoms. The van der Waals surface area contributed by atoms with E-state index in [1.807, 2.05) is 30.3 Å². The number of carbonyl (C=O) groups excluding carboxylic acids is 1. The van der Waals surface area contributed by atoms with Crippen LogP contribution in [0.3, 0.4) is 0 Å². The summed E-state index contributed by atoms with van der Waals surface area (Å²) >= 11 is 0. The number of hydrogen-bond donors (Lipinski definition) is 2. The third kappa shape index (κ3) is 3.73. The molecule has 0 amide bonds. The molecule has 0 fully saturated rings. The fraction of sp³-hybridized carbons (Fsp3) is 0.0476. The normalized spacial score (nSPS) is 10.5. The zero-order valence-corrected chi connectivity index (χ0v) is 15.1. The van der Waals surface area contributed by atoms with Gasteiger partial charge in [0.05, 0.1) is 23.9 Å². The van der Waals surface area contributed by atoms with Crippen molar-refractivity contribution in [3.63, 3.8) is 0 Å². The zero-order chi connectivity index (χ0) is 19.3. The van der Waals surface area contributed by atoms with E-state index >= 15 is 0 Å². The van der Waals surface area contributed by atoms with Gasteiger partial charge in [-0.15, -0.1) is 0 Å². The molecule has 2 aromatic heterocycles. The smallest absolute Gasteiger partial charge is 0.337 e. The van der Waals surface area contributed by atoms with Gasteiger partial charge in [-0.05, 0) is 42.5 Å². The van der Waals surface area contributed by atoms with Crippen molar-refractivity contribution < 1.29 is 9.53 Å². The minimum absolute atomic E-state index is 0.372. The lowest BCUT2D eigenvalue weighted by Gasteiger charge is -2.10. The number of para-hydroxylation sites is 1. The number of anilines is 4. The van der Waals surface area contributed by atoms with E-state index in [-0.39, 0.29) is 5.97 Å².